The van der Waals surface area contributed by atoms with Crippen LogP contribution >= 0.6 is 11.3 Å². The molecule has 0 fully saturated rings. The summed E-state index contributed by atoms with van der Waals surface area (Å²) in [4.78, 5) is 1.38. The molecule has 1 nitrogen and oxygen atoms in total. The standard InChI is InChI=1S/C12H15NS/c1-8-7-10-5-4-6-11(9(2)13-3)12(10)14-8/h4-7,9,13H,1-3H3. The Balaban J connectivity index is 2.64. The van der Waals surface area contributed by atoms with Gasteiger partial charge in [-0.05, 0) is 37.9 Å². The molecule has 0 spiro atoms. The lowest BCUT2D eigenvalue weighted by molar-refractivity contribution is 0.658. The second-order valence-corrected chi connectivity index (χ2v) is 4.89. The summed E-state index contributed by atoms with van der Waals surface area (Å²) >= 11 is 1.88. The van der Waals surface area contributed by atoms with Crippen LogP contribution < -0.4 is 5.32 Å². The van der Waals surface area contributed by atoms with Crippen molar-refractivity contribution in [2.24, 2.45) is 0 Å². The largest absolute Gasteiger partial charge is 0.313 e. The van der Waals surface area contributed by atoms with Gasteiger partial charge in [-0.15, -0.1) is 11.3 Å². The third-order valence-electron chi connectivity index (χ3n) is 2.60. The lowest BCUT2D eigenvalue weighted by Crippen LogP contribution is -2.12. The van der Waals surface area contributed by atoms with Crippen LogP contribution in [0.15, 0.2) is 24.3 Å². The molecule has 1 unspecified atom stereocenters. The van der Waals surface area contributed by atoms with Gasteiger partial charge < -0.3 is 5.32 Å². The average molecular weight is 205 g/mol. The molecule has 0 saturated heterocycles. The normalized spacial score (nSPS) is 13.4. The average Bonchev–Trinajstić information content (AvgIpc) is 2.56. The molecule has 1 aromatic heterocycles. The second-order valence-electron chi connectivity index (χ2n) is 3.63. The van der Waals surface area contributed by atoms with Crippen LogP contribution in [0.1, 0.15) is 23.4 Å². The molecule has 0 saturated carbocycles. The van der Waals surface area contributed by atoms with Gasteiger partial charge in [0, 0.05) is 15.6 Å². The van der Waals surface area contributed by atoms with E-state index in [0.29, 0.717) is 6.04 Å². The molecule has 0 aliphatic heterocycles. The van der Waals surface area contributed by atoms with E-state index in [2.05, 4.69) is 43.4 Å². The van der Waals surface area contributed by atoms with Crippen molar-refractivity contribution in [2.45, 2.75) is 19.9 Å². The predicted octanol–water partition coefficient (Wildman–Crippen LogP) is 3.49. The number of nitrogens with one attached hydrogen (secondary N) is 1. The van der Waals surface area contributed by atoms with Crippen molar-refractivity contribution in [3.05, 3.63) is 34.7 Å². The van der Waals surface area contributed by atoms with E-state index in [1.807, 2.05) is 18.4 Å². The highest BCUT2D eigenvalue weighted by atomic mass is 32.1. The monoisotopic (exact) mass is 205 g/mol. The third-order valence-corrected chi connectivity index (χ3v) is 3.71. The van der Waals surface area contributed by atoms with Crippen molar-refractivity contribution in [1.82, 2.24) is 5.32 Å². The minimum Gasteiger partial charge on any atom is -0.313 e. The Morgan fingerprint density at radius 2 is 2.14 bits per heavy atom. The molecule has 1 heterocycles. The lowest BCUT2D eigenvalue weighted by atomic mass is 10.1. The van der Waals surface area contributed by atoms with Gasteiger partial charge in [0.1, 0.15) is 0 Å². The summed E-state index contributed by atoms with van der Waals surface area (Å²) in [6.45, 7) is 4.36. The molecule has 2 rings (SSSR count). The molecule has 0 aliphatic carbocycles. The van der Waals surface area contributed by atoms with E-state index in [4.69, 9.17) is 0 Å². The SMILES string of the molecule is CNC(C)c1cccc2cc(C)sc12. The zero-order valence-corrected chi connectivity index (χ0v) is 9.61. The van der Waals surface area contributed by atoms with E-state index in [-0.39, 0.29) is 0 Å². The number of fused-ring (bicyclic) bond motifs is 1. The summed E-state index contributed by atoms with van der Waals surface area (Å²) in [5.74, 6) is 0. The Morgan fingerprint density at radius 3 is 2.86 bits per heavy atom. The molecule has 14 heavy (non-hydrogen) atoms. The smallest absolute Gasteiger partial charge is 0.0393 e. The second kappa shape index (κ2) is 3.71. The molecule has 1 aromatic carbocycles. The van der Waals surface area contributed by atoms with Crippen molar-refractivity contribution < 1.29 is 0 Å². The quantitative estimate of drug-likeness (QED) is 0.791. The fraction of sp³-hybridized carbons (Fsp3) is 0.333. The van der Waals surface area contributed by atoms with Crippen molar-refractivity contribution in [3.8, 4) is 0 Å². The highest BCUT2D eigenvalue weighted by Crippen LogP contribution is 2.31. The number of hydrogen-bond acceptors (Lipinski definition) is 2. The van der Waals surface area contributed by atoms with Gasteiger partial charge in [-0.2, -0.15) is 0 Å². The van der Waals surface area contributed by atoms with Gasteiger partial charge in [0.15, 0.2) is 0 Å². The fourth-order valence-electron chi connectivity index (χ4n) is 1.71. The first-order valence-corrected chi connectivity index (χ1v) is 5.70. The molecular formula is C12H15NS. The van der Waals surface area contributed by atoms with Crippen LogP contribution in [0.25, 0.3) is 10.1 Å². The highest BCUT2D eigenvalue weighted by Gasteiger charge is 2.08. The van der Waals surface area contributed by atoms with E-state index in [9.17, 15) is 0 Å². The van der Waals surface area contributed by atoms with Gasteiger partial charge in [-0.3, -0.25) is 0 Å². The number of benzene rings is 1. The van der Waals surface area contributed by atoms with Crippen LogP contribution in [0.2, 0.25) is 0 Å². The summed E-state index contributed by atoms with van der Waals surface area (Å²) in [5, 5.41) is 4.66. The Hall–Kier alpha value is -0.860. The van der Waals surface area contributed by atoms with E-state index < -0.39 is 0 Å². The molecule has 2 aromatic rings. The van der Waals surface area contributed by atoms with Crippen molar-refractivity contribution in [3.63, 3.8) is 0 Å². The Labute approximate surface area is 88.8 Å². The zero-order chi connectivity index (χ0) is 10.1. The van der Waals surface area contributed by atoms with Gasteiger partial charge in [-0.1, -0.05) is 18.2 Å². The number of thiophene rings is 1. The molecule has 74 valence electrons. The van der Waals surface area contributed by atoms with E-state index in [1.54, 1.807) is 0 Å². The van der Waals surface area contributed by atoms with Crippen molar-refractivity contribution >= 4 is 21.4 Å². The fourth-order valence-corrected chi connectivity index (χ4v) is 2.83. The molecule has 0 radical (unpaired) electrons. The van der Waals surface area contributed by atoms with Crippen molar-refractivity contribution in [1.29, 1.82) is 0 Å². The molecule has 0 amide bonds. The molecule has 1 N–H and O–H groups in total. The topological polar surface area (TPSA) is 12.0 Å². The Morgan fingerprint density at radius 1 is 1.36 bits per heavy atom. The number of hydrogen-bond donors (Lipinski definition) is 1. The van der Waals surface area contributed by atoms with Crippen LogP contribution in [0, 0.1) is 6.92 Å². The number of aryl methyl sites for hydroxylation is 1. The van der Waals surface area contributed by atoms with E-state index in [1.165, 1.54) is 20.5 Å². The molecule has 2 heteroatoms. The first-order valence-electron chi connectivity index (χ1n) is 4.88. The van der Waals surface area contributed by atoms with Gasteiger partial charge in [-0.25, -0.2) is 0 Å². The Kier molecular flexibility index (Phi) is 2.57. The summed E-state index contributed by atoms with van der Waals surface area (Å²) in [6.07, 6.45) is 0. The number of rotatable bonds is 2. The maximum absolute atomic E-state index is 3.29. The third kappa shape index (κ3) is 1.56. The minimum atomic E-state index is 0.428. The zero-order valence-electron chi connectivity index (χ0n) is 8.79. The van der Waals surface area contributed by atoms with Gasteiger partial charge in [0.05, 0.1) is 0 Å². The van der Waals surface area contributed by atoms with Crippen LogP contribution in [0.3, 0.4) is 0 Å². The summed E-state index contributed by atoms with van der Waals surface area (Å²) in [7, 11) is 2.00. The maximum Gasteiger partial charge on any atom is 0.0393 e. The van der Waals surface area contributed by atoms with Crippen LogP contribution in [-0.4, -0.2) is 7.05 Å². The van der Waals surface area contributed by atoms with Crippen molar-refractivity contribution in [2.75, 3.05) is 7.05 Å². The predicted molar refractivity (Wildman–Crippen MR) is 64.0 cm³/mol. The van der Waals surface area contributed by atoms with Crippen LogP contribution in [-0.2, 0) is 0 Å². The molecular weight excluding hydrogens is 190 g/mol. The van der Waals surface area contributed by atoms with Gasteiger partial charge in [0.2, 0.25) is 0 Å². The van der Waals surface area contributed by atoms with E-state index >= 15 is 0 Å². The van der Waals surface area contributed by atoms with Crippen LogP contribution in [0.5, 0.6) is 0 Å². The first kappa shape index (κ1) is 9.69. The highest BCUT2D eigenvalue weighted by molar-refractivity contribution is 7.19. The molecule has 0 aliphatic rings. The van der Waals surface area contributed by atoms with Gasteiger partial charge >= 0.3 is 0 Å². The molecule has 0 bridgehead atoms. The maximum atomic E-state index is 3.29. The summed E-state index contributed by atoms with van der Waals surface area (Å²) in [5.41, 5.74) is 1.41. The summed E-state index contributed by atoms with van der Waals surface area (Å²) < 4.78 is 1.42. The lowest BCUT2D eigenvalue weighted by Gasteiger charge is -2.11. The molecule has 1 atom stereocenters. The van der Waals surface area contributed by atoms with E-state index in [0.717, 1.165) is 0 Å². The Bertz CT molecular complexity index is 445. The summed E-state index contributed by atoms with van der Waals surface area (Å²) in [6, 6.07) is 9.21. The first-order chi connectivity index (χ1) is 6.72. The minimum absolute atomic E-state index is 0.428. The van der Waals surface area contributed by atoms with Crippen LogP contribution in [0.4, 0.5) is 0 Å². The van der Waals surface area contributed by atoms with Gasteiger partial charge in [0.25, 0.3) is 0 Å².